The first-order valence-corrected chi connectivity index (χ1v) is 7.79. The minimum Gasteiger partial charge on any atom is -0.296 e. The van der Waals surface area contributed by atoms with Crippen LogP contribution in [0.2, 0.25) is 0 Å². The molecule has 0 saturated carbocycles. The molecule has 0 amide bonds. The first kappa shape index (κ1) is 14.2. The second-order valence-electron chi connectivity index (χ2n) is 4.34. The normalized spacial score (nSPS) is 11.2. The fourth-order valence-corrected chi connectivity index (χ4v) is 2.44. The van der Waals surface area contributed by atoms with E-state index in [1.54, 1.807) is 29.0 Å². The van der Waals surface area contributed by atoms with Gasteiger partial charge in [0, 0.05) is 11.8 Å². The number of sulfone groups is 1. The maximum absolute atomic E-state index is 11.4. The highest BCUT2D eigenvalue weighted by Crippen LogP contribution is 2.21. The molecule has 1 aromatic heterocycles. The molecule has 0 saturated heterocycles. The van der Waals surface area contributed by atoms with Crippen LogP contribution in [0.3, 0.4) is 0 Å². The number of nitrogens with zero attached hydrogens (tertiary/aromatic N) is 2. The van der Waals surface area contributed by atoms with Crippen molar-refractivity contribution in [2.45, 2.75) is 11.4 Å². The predicted octanol–water partition coefficient (Wildman–Crippen LogP) is 1.95. The number of allylic oxidation sites excluding steroid dienone is 1. The molecule has 104 valence electrons. The van der Waals surface area contributed by atoms with Crippen LogP contribution < -0.4 is 0 Å². The van der Waals surface area contributed by atoms with Gasteiger partial charge in [0.1, 0.15) is 5.69 Å². The molecule has 0 N–H and O–H groups in total. The quantitative estimate of drug-likeness (QED) is 0.623. The van der Waals surface area contributed by atoms with Crippen LogP contribution >= 0.6 is 0 Å². The molecule has 20 heavy (non-hydrogen) atoms. The molecular weight excluding hydrogens is 276 g/mol. The Morgan fingerprint density at radius 1 is 1.30 bits per heavy atom. The zero-order chi connectivity index (χ0) is 14.8. The molecule has 5 nitrogen and oxygen atoms in total. The number of carbonyl (C=O) groups excluding carboxylic acids is 1. The lowest BCUT2D eigenvalue weighted by Crippen LogP contribution is -2.01. The monoisotopic (exact) mass is 290 g/mol. The Morgan fingerprint density at radius 3 is 2.45 bits per heavy atom. The SMILES string of the molecule is C=CCn1nc(-c2ccc(S(C)(=O)=O)cc2)cc1C=O. The van der Waals surface area contributed by atoms with Crippen molar-refractivity contribution in [3.63, 3.8) is 0 Å². The fourth-order valence-electron chi connectivity index (χ4n) is 1.81. The van der Waals surface area contributed by atoms with Crippen molar-refractivity contribution >= 4 is 16.1 Å². The number of benzene rings is 1. The van der Waals surface area contributed by atoms with Crippen molar-refractivity contribution in [1.29, 1.82) is 0 Å². The minimum absolute atomic E-state index is 0.252. The minimum atomic E-state index is -3.21. The summed E-state index contributed by atoms with van der Waals surface area (Å²) in [5.41, 5.74) is 1.82. The van der Waals surface area contributed by atoms with Gasteiger partial charge >= 0.3 is 0 Å². The van der Waals surface area contributed by atoms with Crippen LogP contribution in [0.15, 0.2) is 47.9 Å². The van der Waals surface area contributed by atoms with E-state index in [1.807, 2.05) is 0 Å². The first-order chi connectivity index (χ1) is 9.45. The smallest absolute Gasteiger partial charge is 0.175 e. The summed E-state index contributed by atoms with van der Waals surface area (Å²) in [5, 5.41) is 4.30. The van der Waals surface area contributed by atoms with Crippen molar-refractivity contribution < 1.29 is 13.2 Å². The Morgan fingerprint density at radius 2 is 1.95 bits per heavy atom. The van der Waals surface area contributed by atoms with E-state index in [2.05, 4.69) is 11.7 Å². The van der Waals surface area contributed by atoms with Gasteiger partial charge in [0.25, 0.3) is 0 Å². The van der Waals surface area contributed by atoms with Gasteiger partial charge in [-0.3, -0.25) is 9.48 Å². The van der Waals surface area contributed by atoms with Crippen molar-refractivity contribution in [2.24, 2.45) is 0 Å². The van der Waals surface area contributed by atoms with Gasteiger partial charge in [0.05, 0.1) is 17.1 Å². The molecular formula is C14H14N2O3S. The third-order valence-corrected chi connectivity index (χ3v) is 3.94. The zero-order valence-corrected chi connectivity index (χ0v) is 11.8. The molecule has 1 heterocycles. The number of hydrogen-bond donors (Lipinski definition) is 0. The molecule has 2 aromatic rings. The molecule has 0 fully saturated rings. The van der Waals surface area contributed by atoms with Crippen molar-refractivity contribution in [3.05, 3.63) is 48.7 Å². The first-order valence-electron chi connectivity index (χ1n) is 5.90. The maximum Gasteiger partial charge on any atom is 0.175 e. The number of aldehydes is 1. The summed E-state index contributed by atoms with van der Waals surface area (Å²) in [5.74, 6) is 0. The van der Waals surface area contributed by atoms with E-state index in [1.165, 1.54) is 12.1 Å². The van der Waals surface area contributed by atoms with Crippen LogP contribution in [0.5, 0.6) is 0 Å². The standard InChI is InChI=1S/C14H14N2O3S/c1-3-8-16-12(10-17)9-14(15-16)11-4-6-13(7-5-11)20(2,18)19/h3-7,9-10H,1,8H2,2H3. The maximum atomic E-state index is 11.4. The molecule has 0 radical (unpaired) electrons. The van der Waals surface area contributed by atoms with E-state index in [0.29, 0.717) is 17.9 Å². The molecule has 2 rings (SSSR count). The highest BCUT2D eigenvalue weighted by molar-refractivity contribution is 7.90. The lowest BCUT2D eigenvalue weighted by molar-refractivity contribution is 0.111. The van der Waals surface area contributed by atoms with Gasteiger partial charge in [-0.05, 0) is 18.2 Å². The molecule has 6 heteroatoms. The van der Waals surface area contributed by atoms with Gasteiger partial charge < -0.3 is 0 Å². The number of hydrogen-bond acceptors (Lipinski definition) is 4. The van der Waals surface area contributed by atoms with Crippen LogP contribution in [0, 0.1) is 0 Å². The fraction of sp³-hybridized carbons (Fsp3) is 0.143. The molecule has 0 atom stereocenters. The van der Waals surface area contributed by atoms with Gasteiger partial charge in [0.15, 0.2) is 16.1 Å². The highest BCUT2D eigenvalue weighted by Gasteiger charge is 2.10. The largest absolute Gasteiger partial charge is 0.296 e. The Hall–Kier alpha value is -2.21. The molecule has 0 spiro atoms. The van der Waals surface area contributed by atoms with E-state index in [4.69, 9.17) is 0 Å². The second kappa shape index (κ2) is 5.42. The summed E-state index contributed by atoms with van der Waals surface area (Å²) in [7, 11) is -3.21. The third-order valence-electron chi connectivity index (χ3n) is 2.81. The van der Waals surface area contributed by atoms with Gasteiger partial charge in [-0.25, -0.2) is 8.42 Å². The van der Waals surface area contributed by atoms with Gasteiger partial charge in [-0.15, -0.1) is 6.58 Å². The van der Waals surface area contributed by atoms with E-state index in [-0.39, 0.29) is 4.90 Å². The summed E-state index contributed by atoms with van der Waals surface area (Å²) >= 11 is 0. The number of carbonyl (C=O) groups is 1. The molecule has 1 aromatic carbocycles. The van der Waals surface area contributed by atoms with Crippen LogP contribution in [-0.2, 0) is 16.4 Å². The summed E-state index contributed by atoms with van der Waals surface area (Å²) in [6.45, 7) is 4.05. The molecule has 0 aliphatic rings. The molecule has 0 bridgehead atoms. The van der Waals surface area contributed by atoms with Crippen LogP contribution in [-0.4, -0.2) is 30.7 Å². The van der Waals surface area contributed by atoms with E-state index >= 15 is 0 Å². The lowest BCUT2D eigenvalue weighted by atomic mass is 10.1. The third kappa shape index (κ3) is 2.85. The lowest BCUT2D eigenvalue weighted by Gasteiger charge is -2.00. The number of aromatic nitrogens is 2. The number of rotatable bonds is 5. The average Bonchev–Trinajstić information content (AvgIpc) is 2.81. The van der Waals surface area contributed by atoms with Crippen molar-refractivity contribution in [2.75, 3.05) is 6.26 Å². The van der Waals surface area contributed by atoms with Crippen LogP contribution in [0.1, 0.15) is 10.5 Å². The second-order valence-corrected chi connectivity index (χ2v) is 6.36. The van der Waals surface area contributed by atoms with Crippen molar-refractivity contribution in [1.82, 2.24) is 9.78 Å². The zero-order valence-electron chi connectivity index (χ0n) is 11.0. The van der Waals surface area contributed by atoms with Crippen molar-refractivity contribution in [3.8, 4) is 11.3 Å². The van der Waals surface area contributed by atoms with Gasteiger partial charge in [-0.2, -0.15) is 5.10 Å². The topological polar surface area (TPSA) is 69.0 Å². The van der Waals surface area contributed by atoms with E-state index in [9.17, 15) is 13.2 Å². The Balaban J connectivity index is 2.41. The molecule has 0 unspecified atom stereocenters. The predicted molar refractivity (Wildman–Crippen MR) is 76.4 cm³/mol. The summed E-state index contributed by atoms with van der Waals surface area (Å²) in [4.78, 5) is 11.2. The molecule has 0 aliphatic carbocycles. The molecule has 0 aliphatic heterocycles. The highest BCUT2D eigenvalue weighted by atomic mass is 32.2. The van der Waals surface area contributed by atoms with Crippen LogP contribution in [0.25, 0.3) is 11.3 Å². The van der Waals surface area contributed by atoms with E-state index < -0.39 is 9.84 Å². The summed E-state index contributed by atoms with van der Waals surface area (Å²) in [6, 6.07) is 8.05. The van der Waals surface area contributed by atoms with Gasteiger partial charge in [-0.1, -0.05) is 18.2 Å². The Labute approximate surface area is 117 Å². The average molecular weight is 290 g/mol. The Kier molecular flexibility index (Phi) is 3.85. The Bertz CT molecular complexity index is 743. The summed E-state index contributed by atoms with van der Waals surface area (Å²) < 4.78 is 24.3. The summed E-state index contributed by atoms with van der Waals surface area (Å²) in [6.07, 6.45) is 3.53. The van der Waals surface area contributed by atoms with Gasteiger partial charge in [0.2, 0.25) is 0 Å². The van der Waals surface area contributed by atoms with E-state index in [0.717, 1.165) is 18.1 Å². The van der Waals surface area contributed by atoms with Crippen LogP contribution in [0.4, 0.5) is 0 Å².